The van der Waals surface area contributed by atoms with Crippen molar-refractivity contribution in [2.45, 2.75) is 90.7 Å². The van der Waals surface area contributed by atoms with Gasteiger partial charge in [0.15, 0.2) is 0 Å². The molecule has 0 aliphatic rings. The van der Waals surface area contributed by atoms with E-state index in [1.807, 2.05) is 45.0 Å². The topological polar surface area (TPSA) is 64.3 Å². The Hall–Kier alpha value is -1.55. The normalized spacial score (nSPS) is 12.8. The third kappa shape index (κ3) is 10.4. The van der Waals surface area contributed by atoms with Gasteiger partial charge in [0.1, 0.15) is 11.6 Å². The van der Waals surface area contributed by atoms with Crippen LogP contribution in [0.5, 0.6) is 0 Å². The fourth-order valence-electron chi connectivity index (χ4n) is 2.88. The Kier molecular flexibility index (Phi) is 10.3. The number of rotatable bonds is 12. The highest BCUT2D eigenvalue weighted by molar-refractivity contribution is 5.76. The van der Waals surface area contributed by atoms with Crippen molar-refractivity contribution < 1.29 is 9.53 Å². The van der Waals surface area contributed by atoms with E-state index in [1.165, 1.54) is 37.7 Å². The maximum Gasteiger partial charge on any atom is 0.323 e. The number of nitrogen functional groups attached to an aromatic ring is 1. The first-order valence-corrected chi connectivity index (χ1v) is 10.1. The number of nitrogens with two attached hydrogens (primary N) is 1. The van der Waals surface area contributed by atoms with Gasteiger partial charge in [0.2, 0.25) is 0 Å². The summed E-state index contributed by atoms with van der Waals surface area (Å²) in [5, 5.41) is 3.40. The molecule has 0 fully saturated rings. The molecule has 0 aliphatic carbocycles. The number of hydrogen-bond acceptors (Lipinski definition) is 4. The molecule has 26 heavy (non-hydrogen) atoms. The number of carbonyl (C=O) groups is 1. The lowest BCUT2D eigenvalue weighted by atomic mass is 10.0. The minimum atomic E-state index is -0.449. The Balaban J connectivity index is 2.45. The SMILES string of the molecule is CCCCCCCCC(NCCc1ccc(N)cc1)C(=O)OC(C)(C)C. The zero-order chi connectivity index (χ0) is 19.4. The molecule has 0 saturated heterocycles. The first-order chi connectivity index (χ1) is 12.3. The molecule has 4 nitrogen and oxygen atoms in total. The van der Waals surface area contributed by atoms with Crippen LogP contribution < -0.4 is 11.1 Å². The largest absolute Gasteiger partial charge is 0.459 e. The number of benzene rings is 1. The Morgan fingerprint density at radius 2 is 1.69 bits per heavy atom. The molecule has 1 unspecified atom stereocenters. The molecule has 0 radical (unpaired) electrons. The molecule has 0 bridgehead atoms. The fourth-order valence-corrected chi connectivity index (χ4v) is 2.88. The molecule has 3 N–H and O–H groups in total. The minimum absolute atomic E-state index is 0.136. The van der Waals surface area contributed by atoms with Crippen LogP contribution in [0, 0.1) is 0 Å². The van der Waals surface area contributed by atoms with Crippen LogP contribution in [0.1, 0.15) is 78.2 Å². The Labute approximate surface area is 159 Å². The maximum absolute atomic E-state index is 12.5. The fraction of sp³-hybridized carbons (Fsp3) is 0.682. The second-order valence-corrected chi connectivity index (χ2v) is 8.09. The van der Waals surface area contributed by atoms with Crippen LogP contribution in [0.3, 0.4) is 0 Å². The molecule has 1 aromatic rings. The quantitative estimate of drug-likeness (QED) is 0.316. The van der Waals surface area contributed by atoms with Crippen LogP contribution in [-0.4, -0.2) is 24.2 Å². The van der Waals surface area contributed by atoms with Crippen molar-refractivity contribution in [3.05, 3.63) is 29.8 Å². The van der Waals surface area contributed by atoms with E-state index in [4.69, 9.17) is 10.5 Å². The molecule has 0 spiro atoms. The molecule has 0 saturated carbocycles. The van der Waals surface area contributed by atoms with E-state index in [2.05, 4.69) is 12.2 Å². The van der Waals surface area contributed by atoms with Gasteiger partial charge in [-0.15, -0.1) is 0 Å². The molecule has 4 heteroatoms. The van der Waals surface area contributed by atoms with E-state index in [1.54, 1.807) is 0 Å². The van der Waals surface area contributed by atoms with Crippen molar-refractivity contribution in [1.82, 2.24) is 5.32 Å². The number of anilines is 1. The average Bonchev–Trinajstić information content (AvgIpc) is 2.56. The molecule has 0 amide bonds. The summed E-state index contributed by atoms with van der Waals surface area (Å²) in [7, 11) is 0. The summed E-state index contributed by atoms with van der Waals surface area (Å²) in [6, 6.07) is 7.67. The molecule has 1 atom stereocenters. The second-order valence-electron chi connectivity index (χ2n) is 8.09. The van der Waals surface area contributed by atoms with Crippen LogP contribution in [0.25, 0.3) is 0 Å². The van der Waals surface area contributed by atoms with Crippen LogP contribution in [-0.2, 0) is 16.0 Å². The zero-order valence-electron chi connectivity index (χ0n) is 17.1. The minimum Gasteiger partial charge on any atom is -0.459 e. The van der Waals surface area contributed by atoms with Gasteiger partial charge >= 0.3 is 5.97 Å². The van der Waals surface area contributed by atoms with Gasteiger partial charge in [0.25, 0.3) is 0 Å². The lowest BCUT2D eigenvalue weighted by Crippen LogP contribution is -2.42. The average molecular weight is 363 g/mol. The smallest absolute Gasteiger partial charge is 0.323 e. The summed E-state index contributed by atoms with van der Waals surface area (Å²) in [6.07, 6.45) is 9.04. The van der Waals surface area contributed by atoms with E-state index in [9.17, 15) is 4.79 Å². The van der Waals surface area contributed by atoms with Gasteiger partial charge in [-0.3, -0.25) is 4.79 Å². The summed E-state index contributed by atoms with van der Waals surface area (Å²) < 4.78 is 5.60. The first-order valence-electron chi connectivity index (χ1n) is 10.1. The lowest BCUT2D eigenvalue weighted by molar-refractivity contribution is -0.157. The van der Waals surface area contributed by atoms with Crippen LogP contribution in [0.15, 0.2) is 24.3 Å². The maximum atomic E-state index is 12.5. The number of esters is 1. The Morgan fingerprint density at radius 1 is 1.08 bits per heavy atom. The molecule has 0 aliphatic heterocycles. The predicted molar refractivity (Wildman–Crippen MR) is 110 cm³/mol. The molecule has 148 valence electrons. The molecule has 0 heterocycles. The highest BCUT2D eigenvalue weighted by Gasteiger charge is 2.24. The van der Waals surface area contributed by atoms with Crippen molar-refractivity contribution in [3.8, 4) is 0 Å². The molecule has 1 rings (SSSR count). The van der Waals surface area contributed by atoms with Crippen molar-refractivity contribution >= 4 is 11.7 Å². The van der Waals surface area contributed by atoms with E-state index in [-0.39, 0.29) is 12.0 Å². The van der Waals surface area contributed by atoms with E-state index in [0.29, 0.717) is 0 Å². The van der Waals surface area contributed by atoms with Crippen molar-refractivity contribution in [2.24, 2.45) is 0 Å². The lowest BCUT2D eigenvalue weighted by Gasteiger charge is -2.24. The third-order valence-electron chi connectivity index (χ3n) is 4.32. The highest BCUT2D eigenvalue weighted by atomic mass is 16.6. The van der Waals surface area contributed by atoms with Gasteiger partial charge < -0.3 is 15.8 Å². The summed E-state index contributed by atoms with van der Waals surface area (Å²) in [5.74, 6) is -0.136. The van der Waals surface area contributed by atoms with Crippen molar-refractivity contribution in [2.75, 3.05) is 12.3 Å². The standard InChI is InChI=1S/C22H38N2O2/c1-5-6-7-8-9-10-11-20(21(25)26-22(2,3)4)24-17-16-18-12-14-19(23)15-13-18/h12-15,20,24H,5-11,16-17,23H2,1-4H3. The summed E-state index contributed by atoms with van der Waals surface area (Å²) >= 11 is 0. The van der Waals surface area contributed by atoms with E-state index >= 15 is 0 Å². The van der Waals surface area contributed by atoms with Gasteiger partial charge in [-0.05, 0) is 57.9 Å². The summed E-state index contributed by atoms with van der Waals surface area (Å²) in [5.41, 5.74) is 7.27. The van der Waals surface area contributed by atoms with Gasteiger partial charge in [0.05, 0.1) is 0 Å². The number of nitrogens with one attached hydrogen (secondary N) is 1. The van der Waals surface area contributed by atoms with Crippen LogP contribution in [0.4, 0.5) is 5.69 Å². The molecule has 0 aromatic heterocycles. The Morgan fingerprint density at radius 3 is 2.31 bits per heavy atom. The molecule has 1 aromatic carbocycles. The van der Waals surface area contributed by atoms with E-state index < -0.39 is 5.60 Å². The summed E-state index contributed by atoms with van der Waals surface area (Å²) in [4.78, 5) is 12.5. The number of unbranched alkanes of at least 4 members (excludes halogenated alkanes) is 5. The summed E-state index contributed by atoms with van der Waals surface area (Å²) in [6.45, 7) is 8.73. The number of hydrogen-bond donors (Lipinski definition) is 2. The van der Waals surface area contributed by atoms with Crippen LogP contribution >= 0.6 is 0 Å². The highest BCUT2D eigenvalue weighted by Crippen LogP contribution is 2.14. The predicted octanol–water partition coefficient (Wildman–Crippen LogP) is 4.86. The van der Waals surface area contributed by atoms with Gasteiger partial charge in [0, 0.05) is 5.69 Å². The first kappa shape index (κ1) is 22.5. The van der Waals surface area contributed by atoms with Gasteiger partial charge in [-0.1, -0.05) is 57.6 Å². The molecular weight excluding hydrogens is 324 g/mol. The third-order valence-corrected chi connectivity index (χ3v) is 4.32. The zero-order valence-corrected chi connectivity index (χ0v) is 17.1. The van der Waals surface area contributed by atoms with Crippen LogP contribution in [0.2, 0.25) is 0 Å². The van der Waals surface area contributed by atoms with E-state index in [0.717, 1.165) is 31.5 Å². The van der Waals surface area contributed by atoms with Crippen molar-refractivity contribution in [1.29, 1.82) is 0 Å². The Bertz CT molecular complexity index is 506. The second kappa shape index (κ2) is 11.9. The molecular formula is C22H38N2O2. The number of ether oxygens (including phenoxy) is 1. The van der Waals surface area contributed by atoms with Gasteiger partial charge in [-0.25, -0.2) is 0 Å². The van der Waals surface area contributed by atoms with Gasteiger partial charge in [-0.2, -0.15) is 0 Å². The monoisotopic (exact) mass is 362 g/mol. The number of carbonyl (C=O) groups excluding carboxylic acids is 1. The van der Waals surface area contributed by atoms with Crippen molar-refractivity contribution in [3.63, 3.8) is 0 Å².